The summed E-state index contributed by atoms with van der Waals surface area (Å²) in [5.41, 5.74) is 0.746. The molecule has 10 heteroatoms. The summed E-state index contributed by atoms with van der Waals surface area (Å²) in [4.78, 5) is 43.4. The van der Waals surface area contributed by atoms with Gasteiger partial charge in [-0.1, -0.05) is 24.3 Å². The molecule has 1 atom stereocenters. The smallest absolute Gasteiger partial charge is 0.339 e. The van der Waals surface area contributed by atoms with Gasteiger partial charge >= 0.3 is 5.97 Å². The van der Waals surface area contributed by atoms with E-state index in [1.807, 2.05) is 5.38 Å². The summed E-state index contributed by atoms with van der Waals surface area (Å²) in [7, 11) is 0. The van der Waals surface area contributed by atoms with E-state index in [4.69, 9.17) is 4.42 Å². The van der Waals surface area contributed by atoms with Crippen LogP contribution in [0.25, 0.3) is 10.6 Å². The summed E-state index contributed by atoms with van der Waals surface area (Å²) in [6.07, 6.45) is 2.98. The van der Waals surface area contributed by atoms with Gasteiger partial charge in [-0.25, -0.2) is 9.78 Å². The number of Topliss-reactive ketones (excluding diaryl/α,β-unsaturated/α-hetero) is 1. The third-order valence-electron chi connectivity index (χ3n) is 5.59. The molecule has 4 aromatic rings. The Hall–Kier alpha value is -4.70. The van der Waals surface area contributed by atoms with E-state index in [0.717, 1.165) is 27.6 Å². The lowest BCUT2D eigenvalue weighted by Crippen LogP contribution is -2.31. The second kappa shape index (κ2) is 8.58. The number of aromatic hydroxyl groups is 1. The Morgan fingerprint density at radius 1 is 1.06 bits per heavy atom. The summed E-state index contributed by atoms with van der Waals surface area (Å²) >= 11 is 1.45. The SMILES string of the molecule is O=C(C1=C(O)C(=O)N(c2ccc(O)c(C(=O)O)c2)C1c1ccc(-c2nccs2)cc1)c1ccco1. The number of carbonyl (C=O) groups excluding carboxylic acids is 2. The van der Waals surface area contributed by atoms with Crippen LogP contribution in [0, 0.1) is 0 Å². The highest BCUT2D eigenvalue weighted by Gasteiger charge is 2.45. The summed E-state index contributed by atoms with van der Waals surface area (Å²) in [5.74, 6) is -4.30. The van der Waals surface area contributed by atoms with Gasteiger partial charge in [0.15, 0.2) is 11.5 Å². The molecule has 0 saturated heterocycles. The number of phenols is 1. The van der Waals surface area contributed by atoms with Crippen molar-refractivity contribution in [3.05, 3.63) is 101 Å². The Bertz CT molecular complexity index is 1470. The van der Waals surface area contributed by atoms with Crippen molar-refractivity contribution in [1.29, 1.82) is 0 Å². The zero-order chi connectivity index (χ0) is 24.7. The normalized spacial score (nSPS) is 15.6. The Morgan fingerprint density at radius 3 is 2.46 bits per heavy atom. The van der Waals surface area contributed by atoms with Crippen LogP contribution in [-0.4, -0.2) is 38.0 Å². The van der Waals surface area contributed by atoms with Gasteiger partial charge in [0.1, 0.15) is 16.3 Å². The predicted molar refractivity (Wildman–Crippen MR) is 126 cm³/mol. The first-order valence-corrected chi connectivity index (χ1v) is 11.2. The molecule has 35 heavy (non-hydrogen) atoms. The maximum atomic E-state index is 13.3. The third-order valence-corrected chi connectivity index (χ3v) is 6.41. The number of carboxylic acids is 1. The fourth-order valence-corrected chi connectivity index (χ4v) is 4.62. The van der Waals surface area contributed by atoms with Gasteiger partial charge < -0.3 is 19.7 Å². The van der Waals surface area contributed by atoms with Crippen molar-refractivity contribution >= 4 is 34.7 Å². The van der Waals surface area contributed by atoms with E-state index < -0.39 is 40.8 Å². The van der Waals surface area contributed by atoms with Crippen molar-refractivity contribution in [3.8, 4) is 16.3 Å². The Balaban J connectivity index is 1.65. The van der Waals surface area contributed by atoms with Crippen LogP contribution in [0.5, 0.6) is 5.75 Å². The van der Waals surface area contributed by atoms with Gasteiger partial charge in [-0.2, -0.15) is 0 Å². The number of aliphatic hydroxyl groups is 1. The van der Waals surface area contributed by atoms with Gasteiger partial charge in [-0.15, -0.1) is 11.3 Å². The zero-order valence-corrected chi connectivity index (χ0v) is 18.6. The summed E-state index contributed by atoms with van der Waals surface area (Å²) < 4.78 is 5.21. The first kappa shape index (κ1) is 22.1. The van der Waals surface area contributed by atoms with E-state index in [2.05, 4.69) is 4.98 Å². The van der Waals surface area contributed by atoms with Crippen molar-refractivity contribution in [2.45, 2.75) is 6.04 Å². The minimum Gasteiger partial charge on any atom is -0.507 e. The highest BCUT2D eigenvalue weighted by atomic mass is 32.1. The summed E-state index contributed by atoms with van der Waals surface area (Å²) in [6, 6.07) is 12.4. The first-order valence-electron chi connectivity index (χ1n) is 10.3. The van der Waals surface area contributed by atoms with Crippen LogP contribution in [0.4, 0.5) is 5.69 Å². The number of rotatable bonds is 6. The molecule has 0 bridgehead atoms. The predicted octanol–water partition coefficient (Wildman–Crippen LogP) is 4.59. The standard InChI is InChI=1S/C25H16N2O7S/c28-17-8-7-15(12-16(17)25(32)33)27-20(13-3-5-14(6-4-13)23-26-9-11-35-23)19(22(30)24(27)31)21(29)18-2-1-10-34-18/h1-12,20,28,30H,(H,32,33). The summed E-state index contributed by atoms with van der Waals surface area (Å²) in [5, 5.41) is 32.7. The van der Waals surface area contributed by atoms with E-state index in [0.29, 0.717) is 5.56 Å². The first-order chi connectivity index (χ1) is 16.9. The van der Waals surface area contributed by atoms with E-state index in [1.165, 1.54) is 35.8 Å². The van der Waals surface area contributed by atoms with Gasteiger partial charge in [0.2, 0.25) is 5.78 Å². The van der Waals surface area contributed by atoms with Crippen molar-refractivity contribution < 1.29 is 34.1 Å². The maximum absolute atomic E-state index is 13.3. The van der Waals surface area contributed by atoms with E-state index in [9.17, 15) is 29.7 Å². The van der Waals surface area contributed by atoms with Crippen molar-refractivity contribution in [1.82, 2.24) is 4.98 Å². The van der Waals surface area contributed by atoms with Gasteiger partial charge in [-0.3, -0.25) is 14.5 Å². The number of nitrogens with zero attached hydrogens (tertiary/aromatic N) is 2. The average molecular weight is 488 g/mol. The quantitative estimate of drug-likeness (QED) is 0.335. The minimum atomic E-state index is -1.40. The summed E-state index contributed by atoms with van der Waals surface area (Å²) in [6.45, 7) is 0. The largest absolute Gasteiger partial charge is 0.507 e. The molecule has 0 saturated carbocycles. The Labute approximate surface area is 201 Å². The lowest BCUT2D eigenvalue weighted by atomic mass is 9.94. The van der Waals surface area contributed by atoms with Gasteiger partial charge in [-0.05, 0) is 35.9 Å². The van der Waals surface area contributed by atoms with Crippen molar-refractivity contribution in [2.24, 2.45) is 0 Å². The number of aliphatic hydroxyl groups excluding tert-OH is 1. The van der Waals surface area contributed by atoms with Gasteiger partial charge in [0.25, 0.3) is 5.91 Å². The number of carbonyl (C=O) groups is 3. The molecule has 1 unspecified atom stereocenters. The van der Waals surface area contributed by atoms with Crippen LogP contribution in [0.3, 0.4) is 0 Å². The lowest BCUT2D eigenvalue weighted by molar-refractivity contribution is -0.117. The molecular weight excluding hydrogens is 472 g/mol. The number of furan rings is 1. The molecule has 174 valence electrons. The third kappa shape index (κ3) is 3.75. The highest BCUT2D eigenvalue weighted by molar-refractivity contribution is 7.13. The van der Waals surface area contributed by atoms with Crippen LogP contribution in [0.15, 0.2) is 88.2 Å². The topological polar surface area (TPSA) is 141 Å². The number of anilines is 1. The molecule has 0 fully saturated rings. The van der Waals surface area contributed by atoms with E-state index >= 15 is 0 Å². The molecule has 9 nitrogen and oxygen atoms in total. The number of ketones is 1. The monoisotopic (exact) mass is 488 g/mol. The zero-order valence-electron chi connectivity index (χ0n) is 17.8. The minimum absolute atomic E-state index is 0.0671. The molecule has 1 aliphatic heterocycles. The second-order valence-electron chi connectivity index (χ2n) is 7.61. The lowest BCUT2D eigenvalue weighted by Gasteiger charge is -2.27. The molecule has 2 aromatic heterocycles. The number of thiazole rings is 1. The number of amides is 1. The molecule has 0 radical (unpaired) electrons. The molecule has 2 aromatic carbocycles. The maximum Gasteiger partial charge on any atom is 0.339 e. The fourth-order valence-electron chi connectivity index (χ4n) is 3.98. The van der Waals surface area contributed by atoms with Crippen LogP contribution in [-0.2, 0) is 4.79 Å². The molecule has 0 aliphatic carbocycles. The molecular formula is C25H16N2O7S. The van der Waals surface area contributed by atoms with Crippen LogP contribution in [0.1, 0.15) is 32.5 Å². The van der Waals surface area contributed by atoms with Crippen LogP contribution in [0.2, 0.25) is 0 Å². The Kier molecular flexibility index (Phi) is 5.42. The Morgan fingerprint density at radius 2 is 1.83 bits per heavy atom. The van der Waals surface area contributed by atoms with E-state index in [1.54, 1.807) is 30.5 Å². The number of aromatic nitrogens is 1. The molecule has 3 heterocycles. The fraction of sp³-hybridized carbons (Fsp3) is 0.0400. The van der Waals surface area contributed by atoms with Crippen molar-refractivity contribution in [3.63, 3.8) is 0 Å². The number of carboxylic acid groups (broad SMARTS) is 1. The van der Waals surface area contributed by atoms with Crippen molar-refractivity contribution in [2.75, 3.05) is 4.90 Å². The molecule has 5 rings (SSSR count). The second-order valence-corrected chi connectivity index (χ2v) is 8.51. The molecule has 1 amide bonds. The van der Waals surface area contributed by atoms with Gasteiger partial charge in [0.05, 0.1) is 17.9 Å². The molecule has 3 N–H and O–H groups in total. The number of aromatic carboxylic acids is 1. The molecule has 1 aliphatic rings. The highest BCUT2D eigenvalue weighted by Crippen LogP contribution is 2.43. The molecule has 0 spiro atoms. The van der Waals surface area contributed by atoms with Crippen LogP contribution < -0.4 is 4.90 Å². The number of hydrogen-bond donors (Lipinski definition) is 3. The number of hydrogen-bond acceptors (Lipinski definition) is 8. The van der Waals surface area contributed by atoms with Gasteiger partial charge in [0, 0.05) is 22.8 Å². The number of benzene rings is 2. The van der Waals surface area contributed by atoms with E-state index in [-0.39, 0.29) is 17.0 Å². The van der Waals surface area contributed by atoms with Crippen LogP contribution >= 0.6 is 11.3 Å². The average Bonchev–Trinajstić information content (AvgIpc) is 3.62.